The highest BCUT2D eigenvalue weighted by Crippen LogP contribution is 2.28. The molecule has 0 aromatic carbocycles. The van der Waals surface area contributed by atoms with Gasteiger partial charge in [0.05, 0.1) is 0 Å². The second-order valence-corrected chi connectivity index (χ2v) is 2.87. The highest BCUT2D eigenvalue weighted by molar-refractivity contribution is 6.38. The Kier molecular flexibility index (Phi) is 2.96. The van der Waals surface area contributed by atoms with E-state index in [0.29, 0.717) is 0 Å². The van der Waals surface area contributed by atoms with E-state index in [1.807, 2.05) is 0 Å². The smallest absolute Gasteiger partial charge is 0.284 e. The second-order valence-electron chi connectivity index (χ2n) is 2.16. The average Bonchev–Trinajstić information content (AvgIpc) is 2.01. The molecule has 0 aliphatic rings. The molecule has 0 fully saturated rings. The van der Waals surface area contributed by atoms with E-state index in [-0.39, 0.29) is 0 Å². The van der Waals surface area contributed by atoms with Gasteiger partial charge in [-0.15, -0.1) is 0 Å². The number of hydrogen-bond acceptors (Lipinski definition) is 3. The van der Waals surface area contributed by atoms with E-state index in [0.717, 1.165) is 6.33 Å². The van der Waals surface area contributed by atoms with E-state index in [2.05, 4.69) is 9.97 Å². The van der Waals surface area contributed by atoms with Crippen LogP contribution in [-0.4, -0.2) is 21.9 Å². The van der Waals surface area contributed by atoms with Gasteiger partial charge in [-0.25, -0.2) is 9.97 Å². The molecule has 1 aromatic heterocycles. The number of carbonyl (C=O) groups excluding carboxylic acids is 1. The number of nitrogens with zero attached hydrogens (tertiary/aromatic N) is 2. The van der Waals surface area contributed by atoms with Gasteiger partial charge in [-0.1, -0.05) is 23.2 Å². The number of Topliss-reactive ketones (excluding diaryl/α,β-unsaturated/α-hetero) is 1. The van der Waals surface area contributed by atoms with Crippen molar-refractivity contribution >= 4 is 29.0 Å². The van der Waals surface area contributed by atoms with Gasteiger partial charge in [-0.2, -0.15) is 13.2 Å². The van der Waals surface area contributed by atoms with Crippen molar-refractivity contribution in [3.8, 4) is 0 Å². The lowest BCUT2D eigenvalue weighted by atomic mass is 10.2. The van der Waals surface area contributed by atoms with E-state index in [9.17, 15) is 18.0 Å². The lowest BCUT2D eigenvalue weighted by Crippen LogP contribution is -2.24. The third-order valence-corrected chi connectivity index (χ3v) is 1.81. The fourth-order valence-electron chi connectivity index (χ4n) is 0.674. The molecule has 0 N–H and O–H groups in total. The minimum atomic E-state index is -5.04. The Morgan fingerprint density at radius 3 is 2.00 bits per heavy atom. The van der Waals surface area contributed by atoms with Gasteiger partial charge in [0, 0.05) is 0 Å². The van der Waals surface area contributed by atoms with Crippen LogP contribution in [-0.2, 0) is 0 Å². The average molecular weight is 245 g/mol. The quantitative estimate of drug-likeness (QED) is 0.563. The molecule has 0 atom stereocenters. The number of carbonyl (C=O) groups is 1. The monoisotopic (exact) mass is 244 g/mol. The predicted octanol–water partition coefficient (Wildman–Crippen LogP) is 2.53. The van der Waals surface area contributed by atoms with E-state index in [4.69, 9.17) is 23.2 Å². The molecule has 76 valence electrons. The Bertz CT molecular complexity index is 360. The minimum Gasteiger partial charge on any atom is -0.284 e. The van der Waals surface area contributed by atoms with Crippen LogP contribution < -0.4 is 0 Å². The summed E-state index contributed by atoms with van der Waals surface area (Å²) in [4.78, 5) is 17.2. The van der Waals surface area contributed by atoms with Crippen LogP contribution in [0, 0.1) is 0 Å². The van der Waals surface area contributed by atoms with Gasteiger partial charge in [-0.3, -0.25) is 4.79 Å². The van der Waals surface area contributed by atoms with Crippen molar-refractivity contribution in [3.63, 3.8) is 0 Å². The number of rotatable bonds is 1. The second kappa shape index (κ2) is 3.70. The van der Waals surface area contributed by atoms with Crippen LogP contribution in [0.1, 0.15) is 10.4 Å². The maximum absolute atomic E-state index is 12.0. The van der Waals surface area contributed by atoms with Gasteiger partial charge in [0.1, 0.15) is 22.2 Å². The third-order valence-electron chi connectivity index (χ3n) is 1.24. The Balaban J connectivity index is 3.26. The number of aromatic nitrogens is 2. The zero-order valence-electron chi connectivity index (χ0n) is 6.27. The zero-order chi connectivity index (χ0) is 10.9. The Hall–Kier alpha value is -0.880. The summed E-state index contributed by atoms with van der Waals surface area (Å²) < 4.78 is 35.9. The lowest BCUT2D eigenvalue weighted by Gasteiger charge is -2.06. The van der Waals surface area contributed by atoms with Crippen LogP contribution in [0.5, 0.6) is 0 Å². The third kappa shape index (κ3) is 2.13. The summed E-state index contributed by atoms with van der Waals surface area (Å²) in [6, 6.07) is 0. The molecule has 0 saturated carbocycles. The van der Waals surface area contributed by atoms with Crippen LogP contribution in [0.25, 0.3) is 0 Å². The first kappa shape index (κ1) is 11.2. The topological polar surface area (TPSA) is 42.9 Å². The van der Waals surface area contributed by atoms with Crippen molar-refractivity contribution in [2.24, 2.45) is 0 Å². The van der Waals surface area contributed by atoms with Crippen molar-refractivity contribution in [2.75, 3.05) is 0 Å². The van der Waals surface area contributed by atoms with Gasteiger partial charge >= 0.3 is 6.18 Å². The molecule has 1 rings (SSSR count). The van der Waals surface area contributed by atoms with Crippen molar-refractivity contribution in [1.29, 1.82) is 0 Å². The fraction of sp³-hybridized carbons (Fsp3) is 0.167. The summed E-state index contributed by atoms with van der Waals surface area (Å²) in [6.45, 7) is 0. The van der Waals surface area contributed by atoms with Crippen LogP contribution in [0.4, 0.5) is 13.2 Å². The van der Waals surface area contributed by atoms with Gasteiger partial charge in [0.15, 0.2) is 0 Å². The normalized spacial score (nSPS) is 11.5. The van der Waals surface area contributed by atoms with Crippen LogP contribution >= 0.6 is 23.2 Å². The van der Waals surface area contributed by atoms with Gasteiger partial charge in [-0.05, 0) is 0 Å². The van der Waals surface area contributed by atoms with Crippen molar-refractivity contribution < 1.29 is 18.0 Å². The van der Waals surface area contributed by atoms with Gasteiger partial charge in [0.2, 0.25) is 0 Å². The highest BCUT2D eigenvalue weighted by atomic mass is 35.5. The van der Waals surface area contributed by atoms with Crippen molar-refractivity contribution in [1.82, 2.24) is 9.97 Å². The van der Waals surface area contributed by atoms with E-state index >= 15 is 0 Å². The fourth-order valence-corrected chi connectivity index (χ4v) is 1.16. The molecule has 0 unspecified atom stereocenters. The van der Waals surface area contributed by atoms with Crippen molar-refractivity contribution in [3.05, 3.63) is 22.2 Å². The predicted molar refractivity (Wildman–Crippen MR) is 42.4 cm³/mol. The van der Waals surface area contributed by atoms with E-state index in [1.165, 1.54) is 0 Å². The molecule has 3 nitrogen and oxygen atoms in total. The summed E-state index contributed by atoms with van der Waals surface area (Å²) in [5, 5.41) is -1.24. The SMILES string of the molecule is O=C(c1c(Cl)ncnc1Cl)C(F)(F)F. The molecule has 0 saturated heterocycles. The van der Waals surface area contributed by atoms with E-state index in [1.54, 1.807) is 0 Å². The molecule has 14 heavy (non-hydrogen) atoms. The summed E-state index contributed by atoms with van der Waals surface area (Å²) in [6.07, 6.45) is -4.18. The van der Waals surface area contributed by atoms with Gasteiger partial charge in [0.25, 0.3) is 5.78 Å². The summed E-state index contributed by atoms with van der Waals surface area (Å²) in [7, 11) is 0. The summed E-state index contributed by atoms with van der Waals surface area (Å²) in [5.41, 5.74) is -0.927. The van der Waals surface area contributed by atoms with E-state index < -0.39 is 27.8 Å². The zero-order valence-corrected chi connectivity index (χ0v) is 7.78. The van der Waals surface area contributed by atoms with Crippen LogP contribution in [0.2, 0.25) is 10.3 Å². The molecule has 0 aliphatic heterocycles. The van der Waals surface area contributed by atoms with Gasteiger partial charge < -0.3 is 0 Å². The molecule has 0 amide bonds. The molecule has 0 bridgehead atoms. The molecule has 1 heterocycles. The number of alkyl halides is 3. The summed E-state index contributed by atoms with van der Waals surface area (Å²) in [5.74, 6) is -2.16. The first-order valence-electron chi connectivity index (χ1n) is 3.11. The maximum Gasteiger partial charge on any atom is 0.455 e. The molecule has 0 aliphatic carbocycles. The highest BCUT2D eigenvalue weighted by Gasteiger charge is 2.42. The molecular weight excluding hydrogens is 244 g/mol. The summed E-state index contributed by atoms with van der Waals surface area (Å²) >= 11 is 10.5. The number of ketones is 1. The number of halogens is 5. The molecule has 0 radical (unpaired) electrons. The lowest BCUT2D eigenvalue weighted by molar-refractivity contribution is -0.0885. The largest absolute Gasteiger partial charge is 0.455 e. The molecular formula is C6HCl2F3N2O. The molecule has 0 spiro atoms. The molecule has 1 aromatic rings. The Morgan fingerprint density at radius 2 is 1.64 bits per heavy atom. The standard InChI is InChI=1S/C6HCl2F3N2O/c7-4-2(3(14)6(9,10)11)5(8)13-1-12-4/h1H. The minimum absolute atomic E-state index is 0.618. The Morgan fingerprint density at radius 1 is 1.21 bits per heavy atom. The van der Waals surface area contributed by atoms with Crippen LogP contribution in [0.15, 0.2) is 6.33 Å². The number of hydrogen-bond donors (Lipinski definition) is 0. The van der Waals surface area contributed by atoms with Crippen LogP contribution in [0.3, 0.4) is 0 Å². The maximum atomic E-state index is 12.0. The van der Waals surface area contributed by atoms with Crippen molar-refractivity contribution in [2.45, 2.75) is 6.18 Å². The first-order chi connectivity index (χ1) is 6.34. The molecule has 8 heteroatoms. The Labute approximate surface area is 85.9 Å². The first-order valence-corrected chi connectivity index (χ1v) is 3.87.